The minimum absolute atomic E-state index is 0.00795. The summed E-state index contributed by atoms with van der Waals surface area (Å²) >= 11 is 0. The van der Waals surface area contributed by atoms with Gasteiger partial charge < -0.3 is 19.7 Å². The molecule has 142 valence electrons. The summed E-state index contributed by atoms with van der Waals surface area (Å²) in [6.07, 6.45) is -7.24. The van der Waals surface area contributed by atoms with Crippen molar-refractivity contribution < 1.29 is 32.3 Å². The molecule has 0 aliphatic heterocycles. The number of benzene rings is 1. The Morgan fingerprint density at radius 2 is 1.96 bits per heavy atom. The van der Waals surface area contributed by atoms with Crippen LogP contribution in [0.1, 0.15) is 37.2 Å². The molecule has 1 heterocycles. The Balaban J connectivity index is 2.01. The number of nitrogens with zero attached hydrogens (tertiary/aromatic N) is 2. The van der Waals surface area contributed by atoms with Crippen LogP contribution in [0.25, 0.3) is 0 Å². The summed E-state index contributed by atoms with van der Waals surface area (Å²) in [7, 11) is 0. The quantitative estimate of drug-likeness (QED) is 0.808. The van der Waals surface area contributed by atoms with Crippen LogP contribution in [-0.4, -0.2) is 27.4 Å². The van der Waals surface area contributed by atoms with E-state index in [-0.39, 0.29) is 12.5 Å². The van der Waals surface area contributed by atoms with E-state index in [0.29, 0.717) is 0 Å². The molecule has 0 saturated heterocycles. The van der Waals surface area contributed by atoms with Gasteiger partial charge in [0.15, 0.2) is 0 Å². The van der Waals surface area contributed by atoms with Crippen LogP contribution in [0.15, 0.2) is 34.9 Å². The molecule has 1 aromatic heterocycles. The second kappa shape index (κ2) is 8.17. The first-order valence-corrected chi connectivity index (χ1v) is 7.74. The highest BCUT2D eigenvalue weighted by molar-refractivity contribution is 5.67. The van der Waals surface area contributed by atoms with E-state index in [2.05, 4.69) is 20.0 Å². The predicted octanol–water partition coefficient (Wildman–Crippen LogP) is 3.07. The van der Waals surface area contributed by atoms with E-state index in [0.717, 1.165) is 5.56 Å². The fourth-order valence-electron chi connectivity index (χ4n) is 2.14. The van der Waals surface area contributed by atoms with E-state index in [1.54, 1.807) is 38.1 Å². The molecular formula is C16H18F3N3O4. The molecule has 0 fully saturated rings. The Morgan fingerprint density at radius 1 is 1.31 bits per heavy atom. The van der Waals surface area contributed by atoms with E-state index >= 15 is 0 Å². The highest BCUT2D eigenvalue weighted by atomic mass is 19.4. The molecule has 0 bridgehead atoms. The van der Waals surface area contributed by atoms with Crippen molar-refractivity contribution in [3.63, 3.8) is 0 Å². The van der Waals surface area contributed by atoms with Gasteiger partial charge >= 0.3 is 18.2 Å². The lowest BCUT2D eigenvalue weighted by Gasteiger charge is -2.25. The average molecular weight is 373 g/mol. The lowest BCUT2D eigenvalue weighted by molar-refractivity contribution is -0.159. The number of aromatic nitrogens is 2. The van der Waals surface area contributed by atoms with Gasteiger partial charge in [0.25, 0.3) is 0 Å². The Morgan fingerprint density at radius 3 is 2.50 bits per heavy atom. The van der Waals surface area contributed by atoms with Crippen molar-refractivity contribution in [1.82, 2.24) is 15.5 Å². The van der Waals surface area contributed by atoms with Crippen molar-refractivity contribution >= 4 is 6.09 Å². The van der Waals surface area contributed by atoms with E-state index in [4.69, 9.17) is 4.74 Å². The molecule has 10 heteroatoms. The Bertz CT molecular complexity index is 719. The summed E-state index contributed by atoms with van der Waals surface area (Å²) in [6, 6.07) is 7.93. The molecule has 2 N–H and O–H groups in total. The first-order valence-electron chi connectivity index (χ1n) is 7.74. The number of hydrogen-bond acceptors (Lipinski definition) is 6. The second-order valence-corrected chi connectivity index (χ2v) is 5.88. The molecule has 0 spiro atoms. The molecule has 0 radical (unpaired) electrons. The monoisotopic (exact) mass is 373 g/mol. The smallest absolute Gasteiger partial charge is 0.445 e. The number of hydrogen-bond donors (Lipinski definition) is 2. The van der Waals surface area contributed by atoms with Gasteiger partial charge in [0.2, 0.25) is 5.82 Å². The maximum absolute atomic E-state index is 12.5. The van der Waals surface area contributed by atoms with Crippen LogP contribution in [0.5, 0.6) is 0 Å². The van der Waals surface area contributed by atoms with Gasteiger partial charge in [-0.1, -0.05) is 49.3 Å². The number of carbonyl (C=O) groups is 1. The summed E-state index contributed by atoms with van der Waals surface area (Å²) in [4.78, 5) is 15.1. The number of halogens is 3. The van der Waals surface area contributed by atoms with Gasteiger partial charge in [0, 0.05) is 0 Å². The molecule has 1 aromatic carbocycles. The minimum Gasteiger partial charge on any atom is -0.445 e. The first kappa shape index (κ1) is 19.7. The molecular weight excluding hydrogens is 355 g/mol. The molecule has 0 aliphatic carbocycles. The Labute approximate surface area is 147 Å². The van der Waals surface area contributed by atoms with Crippen LogP contribution in [0, 0.1) is 5.92 Å². The zero-order chi connectivity index (χ0) is 19.3. The SMILES string of the molecule is CC(C)[C@H](NC(=O)OCc1ccccc1)C(O)c1noc(C(F)(F)F)n1. The number of nitrogens with one attached hydrogen (secondary N) is 1. The van der Waals surface area contributed by atoms with Crippen LogP contribution >= 0.6 is 0 Å². The van der Waals surface area contributed by atoms with Crippen molar-refractivity contribution in [2.45, 2.75) is 38.8 Å². The second-order valence-electron chi connectivity index (χ2n) is 5.88. The third-order valence-electron chi connectivity index (χ3n) is 3.50. The van der Waals surface area contributed by atoms with Crippen molar-refractivity contribution in [1.29, 1.82) is 0 Å². The summed E-state index contributed by atoms with van der Waals surface area (Å²) < 4.78 is 46.7. The topological polar surface area (TPSA) is 97.5 Å². The Kier molecular flexibility index (Phi) is 6.19. The van der Waals surface area contributed by atoms with Gasteiger partial charge in [-0.25, -0.2) is 4.79 Å². The van der Waals surface area contributed by atoms with Crippen molar-refractivity contribution in [2.75, 3.05) is 0 Å². The van der Waals surface area contributed by atoms with Gasteiger partial charge in [-0.2, -0.15) is 18.2 Å². The highest BCUT2D eigenvalue weighted by Crippen LogP contribution is 2.29. The number of aliphatic hydroxyl groups is 1. The van der Waals surface area contributed by atoms with Gasteiger partial charge in [-0.05, 0) is 11.5 Å². The largest absolute Gasteiger partial charge is 0.471 e. The fourth-order valence-corrected chi connectivity index (χ4v) is 2.14. The molecule has 2 aromatic rings. The summed E-state index contributed by atoms with van der Waals surface area (Å²) in [5.41, 5.74) is 0.761. The van der Waals surface area contributed by atoms with Crippen LogP contribution < -0.4 is 5.32 Å². The van der Waals surface area contributed by atoms with Crippen molar-refractivity contribution in [3.05, 3.63) is 47.6 Å². The maximum Gasteiger partial charge on any atom is 0.471 e. The Hall–Kier alpha value is -2.62. The number of alkyl halides is 3. The van der Waals surface area contributed by atoms with Gasteiger partial charge in [0.1, 0.15) is 12.7 Å². The summed E-state index contributed by atoms with van der Waals surface area (Å²) in [5, 5.41) is 15.8. The number of ether oxygens (including phenoxy) is 1. The molecule has 0 aliphatic rings. The zero-order valence-electron chi connectivity index (χ0n) is 14.0. The van der Waals surface area contributed by atoms with E-state index < -0.39 is 36.1 Å². The molecule has 1 amide bonds. The van der Waals surface area contributed by atoms with Crippen LogP contribution in [0.4, 0.5) is 18.0 Å². The number of carbonyl (C=O) groups excluding carboxylic acids is 1. The lowest BCUT2D eigenvalue weighted by atomic mass is 9.98. The molecule has 7 nitrogen and oxygen atoms in total. The van der Waals surface area contributed by atoms with E-state index in [1.165, 1.54) is 0 Å². The predicted molar refractivity (Wildman–Crippen MR) is 82.6 cm³/mol. The number of alkyl carbamates (subject to hydrolysis) is 1. The van der Waals surface area contributed by atoms with Crippen LogP contribution in [0.3, 0.4) is 0 Å². The number of amides is 1. The third kappa shape index (κ3) is 5.19. The molecule has 1 unspecified atom stereocenters. The number of rotatable bonds is 6. The first-order chi connectivity index (χ1) is 12.2. The molecule has 2 atom stereocenters. The van der Waals surface area contributed by atoms with E-state index in [1.807, 2.05) is 6.07 Å². The molecule has 2 rings (SSSR count). The average Bonchev–Trinajstić information content (AvgIpc) is 3.08. The van der Waals surface area contributed by atoms with Gasteiger partial charge in [0.05, 0.1) is 6.04 Å². The number of aliphatic hydroxyl groups excluding tert-OH is 1. The maximum atomic E-state index is 12.5. The van der Waals surface area contributed by atoms with Gasteiger partial charge in [-0.15, -0.1) is 0 Å². The standard InChI is InChI=1S/C16H18F3N3O4/c1-9(2)11(12(23)13-21-14(26-22-13)16(17,18)19)20-15(24)25-8-10-6-4-3-5-7-10/h3-7,9,11-12,23H,8H2,1-2H3,(H,20,24)/t11-,12?/m0/s1. The zero-order valence-corrected chi connectivity index (χ0v) is 14.0. The summed E-state index contributed by atoms with van der Waals surface area (Å²) in [5.74, 6) is -2.48. The molecule has 26 heavy (non-hydrogen) atoms. The fraction of sp³-hybridized carbons (Fsp3) is 0.438. The van der Waals surface area contributed by atoms with Crippen molar-refractivity contribution in [2.24, 2.45) is 5.92 Å². The third-order valence-corrected chi connectivity index (χ3v) is 3.50. The highest BCUT2D eigenvalue weighted by Gasteiger charge is 2.40. The normalized spacial score (nSPS) is 14.1. The van der Waals surface area contributed by atoms with Gasteiger partial charge in [-0.3, -0.25) is 0 Å². The van der Waals surface area contributed by atoms with Crippen molar-refractivity contribution in [3.8, 4) is 0 Å². The van der Waals surface area contributed by atoms with Crippen LogP contribution in [-0.2, 0) is 17.5 Å². The van der Waals surface area contributed by atoms with Crippen LogP contribution in [0.2, 0.25) is 0 Å². The lowest BCUT2D eigenvalue weighted by Crippen LogP contribution is -2.43. The molecule has 0 saturated carbocycles. The van der Waals surface area contributed by atoms with E-state index in [9.17, 15) is 23.1 Å². The summed E-state index contributed by atoms with van der Waals surface area (Å²) in [6.45, 7) is 3.33. The minimum atomic E-state index is -4.82.